The van der Waals surface area contributed by atoms with Crippen LogP contribution in [-0.4, -0.2) is 29.7 Å². The van der Waals surface area contributed by atoms with Crippen LogP contribution < -0.4 is 0 Å². The van der Waals surface area contributed by atoms with Crippen molar-refractivity contribution in [2.45, 2.75) is 63.7 Å². The van der Waals surface area contributed by atoms with E-state index in [0.29, 0.717) is 5.92 Å². The van der Waals surface area contributed by atoms with Crippen molar-refractivity contribution >= 4 is 11.6 Å². The molecule has 4 rings (SSSR count). The van der Waals surface area contributed by atoms with Crippen LogP contribution >= 0.6 is 11.6 Å². The molecule has 2 aliphatic rings. The van der Waals surface area contributed by atoms with Crippen molar-refractivity contribution in [3.63, 3.8) is 0 Å². The molecule has 1 fully saturated rings. The van der Waals surface area contributed by atoms with E-state index in [9.17, 15) is 0 Å². The summed E-state index contributed by atoms with van der Waals surface area (Å²) in [6.07, 6.45) is 10.8. The minimum atomic E-state index is 0.616. The molecule has 0 spiro atoms. The Balaban J connectivity index is 1.25. The second-order valence-electron chi connectivity index (χ2n) is 7.83. The predicted octanol–water partition coefficient (Wildman–Crippen LogP) is 5.41. The summed E-state index contributed by atoms with van der Waals surface area (Å²) >= 11 is 6.37. The van der Waals surface area contributed by atoms with Gasteiger partial charge in [-0.15, -0.1) is 0 Å². The van der Waals surface area contributed by atoms with Gasteiger partial charge in [-0.05, 0) is 82.1 Å². The molecule has 1 aliphatic heterocycles. The maximum Gasteiger partial charge on any atom is 0.140 e. The van der Waals surface area contributed by atoms with Crippen molar-refractivity contribution in [3.8, 4) is 0 Å². The van der Waals surface area contributed by atoms with Gasteiger partial charge in [0.1, 0.15) is 5.76 Å². The molecule has 0 saturated carbocycles. The maximum atomic E-state index is 6.37. The third-order valence-corrected chi connectivity index (χ3v) is 6.45. The highest BCUT2D eigenvalue weighted by atomic mass is 35.5. The van der Waals surface area contributed by atoms with Gasteiger partial charge in [-0.25, -0.2) is 0 Å². The Morgan fingerprint density at radius 1 is 1.08 bits per heavy atom. The molecule has 1 saturated heterocycles. The molecule has 26 heavy (non-hydrogen) atoms. The first-order chi connectivity index (χ1) is 12.8. The van der Waals surface area contributed by atoms with Crippen molar-refractivity contribution in [3.05, 3.63) is 51.9 Å². The molecular formula is C22H29ClN2O. The van der Waals surface area contributed by atoms with Gasteiger partial charge in [-0.3, -0.25) is 0 Å². The number of piperidine rings is 1. The molecule has 0 bridgehead atoms. The molecule has 2 heterocycles. The second-order valence-corrected chi connectivity index (χ2v) is 8.24. The molecule has 2 aromatic rings. The number of likely N-dealkylation sites (tertiary alicyclic amines) is 1. The van der Waals surface area contributed by atoms with E-state index in [1.165, 1.54) is 68.4 Å². The number of benzene rings is 1. The highest BCUT2D eigenvalue weighted by molar-refractivity contribution is 6.31. The van der Waals surface area contributed by atoms with Crippen molar-refractivity contribution in [2.24, 2.45) is 0 Å². The van der Waals surface area contributed by atoms with Crippen LogP contribution in [-0.2, 0) is 19.3 Å². The van der Waals surface area contributed by atoms with Gasteiger partial charge in [0.15, 0.2) is 0 Å². The Bertz CT molecular complexity index is 719. The molecule has 0 N–H and O–H groups in total. The molecule has 0 amide bonds. The Morgan fingerprint density at radius 3 is 2.73 bits per heavy atom. The predicted molar refractivity (Wildman–Crippen MR) is 106 cm³/mol. The zero-order valence-corrected chi connectivity index (χ0v) is 16.3. The van der Waals surface area contributed by atoms with Gasteiger partial charge < -0.3 is 9.42 Å². The van der Waals surface area contributed by atoms with Gasteiger partial charge in [0.25, 0.3) is 0 Å². The van der Waals surface area contributed by atoms with Crippen molar-refractivity contribution in [1.29, 1.82) is 0 Å². The lowest BCUT2D eigenvalue weighted by molar-refractivity contribution is 0.208. The minimum Gasteiger partial charge on any atom is -0.361 e. The number of hydrogen-bond acceptors (Lipinski definition) is 3. The number of halogens is 1. The summed E-state index contributed by atoms with van der Waals surface area (Å²) in [5.41, 5.74) is 4.00. The van der Waals surface area contributed by atoms with Crippen molar-refractivity contribution in [1.82, 2.24) is 10.1 Å². The van der Waals surface area contributed by atoms with E-state index < -0.39 is 0 Å². The Hall–Kier alpha value is -1.32. The van der Waals surface area contributed by atoms with E-state index in [1.54, 1.807) is 0 Å². The van der Waals surface area contributed by atoms with Crippen LogP contribution in [0.3, 0.4) is 0 Å². The number of hydrogen-bond donors (Lipinski definition) is 0. The van der Waals surface area contributed by atoms with Gasteiger partial charge in [-0.2, -0.15) is 0 Å². The highest BCUT2D eigenvalue weighted by Gasteiger charge is 2.22. The van der Waals surface area contributed by atoms with E-state index >= 15 is 0 Å². The minimum absolute atomic E-state index is 0.616. The molecule has 0 unspecified atom stereocenters. The monoisotopic (exact) mass is 372 g/mol. The fourth-order valence-electron chi connectivity index (χ4n) is 4.57. The van der Waals surface area contributed by atoms with Gasteiger partial charge in [0, 0.05) is 17.0 Å². The average Bonchev–Trinajstić information content (AvgIpc) is 2.89. The summed E-state index contributed by atoms with van der Waals surface area (Å²) in [5, 5.41) is 5.26. The fourth-order valence-corrected chi connectivity index (χ4v) is 4.86. The van der Waals surface area contributed by atoms with Gasteiger partial charge >= 0.3 is 0 Å². The Labute approximate surface area is 161 Å². The number of aryl methyl sites for hydroxylation is 2. The standard InChI is InChI=1S/C22H29ClN2O/c23-20-9-5-4-7-18(20)17-12-15-25(16-13-17)14-6-11-22-19-8-2-1-3-10-21(19)24-26-22/h4-5,7,9,17H,1-3,6,8,10-16H2. The van der Waals surface area contributed by atoms with Crippen LogP contribution in [0.25, 0.3) is 0 Å². The highest BCUT2D eigenvalue weighted by Crippen LogP contribution is 2.32. The lowest BCUT2D eigenvalue weighted by atomic mass is 9.89. The van der Waals surface area contributed by atoms with Crippen molar-refractivity contribution < 1.29 is 4.52 Å². The molecule has 4 heteroatoms. The molecule has 0 radical (unpaired) electrons. The third-order valence-electron chi connectivity index (χ3n) is 6.10. The fraction of sp³-hybridized carbons (Fsp3) is 0.591. The largest absolute Gasteiger partial charge is 0.361 e. The first-order valence-corrected chi connectivity index (χ1v) is 10.6. The first-order valence-electron chi connectivity index (χ1n) is 10.2. The normalized spacial score (nSPS) is 19.3. The molecule has 140 valence electrons. The molecule has 1 aliphatic carbocycles. The van der Waals surface area contributed by atoms with E-state index in [-0.39, 0.29) is 0 Å². The number of aromatic nitrogens is 1. The molecular weight excluding hydrogens is 344 g/mol. The summed E-state index contributed by atoms with van der Waals surface area (Å²) in [6.45, 7) is 3.50. The zero-order valence-electron chi connectivity index (χ0n) is 15.6. The first kappa shape index (κ1) is 18.1. The van der Waals surface area contributed by atoms with Crippen LogP contribution in [0, 0.1) is 0 Å². The lowest BCUT2D eigenvalue weighted by Gasteiger charge is -2.32. The quantitative estimate of drug-likeness (QED) is 0.657. The summed E-state index contributed by atoms with van der Waals surface area (Å²) < 4.78 is 5.67. The van der Waals surface area contributed by atoms with E-state index in [4.69, 9.17) is 16.1 Å². The van der Waals surface area contributed by atoms with E-state index in [0.717, 1.165) is 36.6 Å². The summed E-state index contributed by atoms with van der Waals surface area (Å²) in [4.78, 5) is 2.60. The van der Waals surface area contributed by atoms with Gasteiger partial charge in [0.2, 0.25) is 0 Å². The van der Waals surface area contributed by atoms with Crippen molar-refractivity contribution in [2.75, 3.05) is 19.6 Å². The Morgan fingerprint density at radius 2 is 1.88 bits per heavy atom. The molecule has 3 nitrogen and oxygen atoms in total. The second kappa shape index (κ2) is 8.58. The summed E-state index contributed by atoms with van der Waals surface area (Å²) in [5.74, 6) is 1.78. The summed E-state index contributed by atoms with van der Waals surface area (Å²) in [7, 11) is 0. The Kier molecular flexibility index (Phi) is 5.96. The average molecular weight is 373 g/mol. The van der Waals surface area contributed by atoms with Gasteiger partial charge in [-0.1, -0.05) is 41.4 Å². The van der Waals surface area contributed by atoms with Crippen LogP contribution in [0.5, 0.6) is 0 Å². The third kappa shape index (κ3) is 4.15. The topological polar surface area (TPSA) is 29.3 Å². The van der Waals surface area contributed by atoms with Gasteiger partial charge in [0.05, 0.1) is 5.69 Å². The van der Waals surface area contributed by atoms with Crippen LogP contribution in [0.2, 0.25) is 5.02 Å². The lowest BCUT2D eigenvalue weighted by Crippen LogP contribution is -2.34. The molecule has 1 aromatic carbocycles. The van der Waals surface area contributed by atoms with E-state index in [1.807, 2.05) is 12.1 Å². The number of fused-ring (bicyclic) bond motifs is 1. The smallest absolute Gasteiger partial charge is 0.140 e. The SMILES string of the molecule is Clc1ccccc1C1CCN(CCCc2onc3c2CCCCC3)CC1. The molecule has 0 atom stereocenters. The van der Waals surface area contributed by atoms with Crippen LogP contribution in [0.1, 0.15) is 67.0 Å². The number of nitrogens with zero attached hydrogens (tertiary/aromatic N) is 2. The van der Waals surface area contributed by atoms with E-state index in [2.05, 4.69) is 22.2 Å². The summed E-state index contributed by atoms with van der Waals surface area (Å²) in [6, 6.07) is 8.33. The molecule has 1 aromatic heterocycles. The number of rotatable bonds is 5. The van der Waals surface area contributed by atoms with Crippen LogP contribution in [0.15, 0.2) is 28.8 Å². The maximum absolute atomic E-state index is 6.37. The zero-order chi connectivity index (χ0) is 17.8. The van der Waals surface area contributed by atoms with Crippen LogP contribution in [0.4, 0.5) is 0 Å².